The van der Waals surface area contributed by atoms with Crippen molar-refractivity contribution in [1.82, 2.24) is 0 Å². The highest BCUT2D eigenvalue weighted by Crippen LogP contribution is 2.28. The van der Waals surface area contributed by atoms with E-state index in [-0.39, 0.29) is 24.5 Å². The molecule has 0 bridgehead atoms. The number of rotatable bonds is 3. The highest BCUT2D eigenvalue weighted by molar-refractivity contribution is 5.95. The molecular weight excluding hydrogens is 270 g/mol. The first-order chi connectivity index (χ1) is 10.2. The first kappa shape index (κ1) is 13.9. The van der Waals surface area contributed by atoms with E-state index in [9.17, 15) is 9.59 Å². The lowest BCUT2D eigenvalue weighted by atomic mass is 10.2. The van der Waals surface area contributed by atoms with Crippen LogP contribution >= 0.6 is 0 Å². The molecule has 0 aromatic heterocycles. The molecule has 0 spiro atoms. The minimum atomic E-state index is -0.278. The molecule has 1 aromatic carbocycles. The first-order valence-electron chi connectivity index (χ1n) is 7.21. The molecule has 1 aromatic rings. The fourth-order valence-electron chi connectivity index (χ4n) is 2.99. The molecule has 21 heavy (non-hydrogen) atoms. The second kappa shape index (κ2) is 5.73. The van der Waals surface area contributed by atoms with Crippen LogP contribution in [0.2, 0.25) is 0 Å². The van der Waals surface area contributed by atoms with Crippen molar-refractivity contribution in [3.8, 4) is 0 Å². The quantitative estimate of drug-likeness (QED) is 0.879. The van der Waals surface area contributed by atoms with Crippen LogP contribution < -0.4 is 15.5 Å². The molecule has 2 amide bonds. The fourth-order valence-corrected chi connectivity index (χ4v) is 2.99. The van der Waals surface area contributed by atoms with Gasteiger partial charge in [0, 0.05) is 24.5 Å². The molecule has 0 radical (unpaired) electrons. The van der Waals surface area contributed by atoms with Gasteiger partial charge >= 0.3 is 0 Å². The SMILES string of the molecule is NC(=O)C1CCCN1c1ccc(N2CCOCC2=O)cc1. The Morgan fingerprint density at radius 3 is 2.57 bits per heavy atom. The molecule has 1 atom stereocenters. The van der Waals surface area contributed by atoms with Gasteiger partial charge in [-0.25, -0.2) is 0 Å². The highest BCUT2D eigenvalue weighted by Gasteiger charge is 2.29. The molecule has 0 aliphatic carbocycles. The molecule has 112 valence electrons. The molecule has 2 heterocycles. The number of carbonyl (C=O) groups is 2. The normalized spacial score (nSPS) is 22.7. The number of primary amides is 1. The van der Waals surface area contributed by atoms with Crippen molar-refractivity contribution in [3.05, 3.63) is 24.3 Å². The molecule has 2 aliphatic heterocycles. The number of ether oxygens (including phenoxy) is 1. The predicted octanol–water partition coefficient (Wildman–Crippen LogP) is 0.504. The summed E-state index contributed by atoms with van der Waals surface area (Å²) < 4.78 is 5.13. The number of benzene rings is 1. The fraction of sp³-hybridized carbons (Fsp3) is 0.467. The van der Waals surface area contributed by atoms with E-state index < -0.39 is 0 Å². The summed E-state index contributed by atoms with van der Waals surface area (Å²) in [5.41, 5.74) is 7.28. The van der Waals surface area contributed by atoms with E-state index in [2.05, 4.69) is 0 Å². The Bertz CT molecular complexity index is 544. The lowest BCUT2D eigenvalue weighted by molar-refractivity contribution is -0.125. The van der Waals surface area contributed by atoms with E-state index in [0.717, 1.165) is 30.8 Å². The van der Waals surface area contributed by atoms with E-state index in [0.29, 0.717) is 13.2 Å². The molecule has 3 rings (SSSR count). The van der Waals surface area contributed by atoms with Gasteiger partial charge in [0.1, 0.15) is 12.6 Å². The zero-order chi connectivity index (χ0) is 14.8. The van der Waals surface area contributed by atoms with Gasteiger partial charge in [-0.2, -0.15) is 0 Å². The van der Waals surface area contributed by atoms with Crippen molar-refractivity contribution in [2.24, 2.45) is 5.73 Å². The second-order valence-corrected chi connectivity index (χ2v) is 5.37. The smallest absolute Gasteiger partial charge is 0.253 e. The van der Waals surface area contributed by atoms with Crippen molar-refractivity contribution in [1.29, 1.82) is 0 Å². The van der Waals surface area contributed by atoms with E-state index in [4.69, 9.17) is 10.5 Å². The van der Waals surface area contributed by atoms with Crippen LogP contribution in [0.1, 0.15) is 12.8 Å². The minimum absolute atomic E-state index is 0.0230. The number of morpholine rings is 1. The Labute approximate surface area is 123 Å². The highest BCUT2D eigenvalue weighted by atomic mass is 16.5. The number of carbonyl (C=O) groups excluding carboxylic acids is 2. The average molecular weight is 289 g/mol. The minimum Gasteiger partial charge on any atom is -0.370 e. The van der Waals surface area contributed by atoms with E-state index in [1.165, 1.54) is 0 Å². The molecule has 2 aliphatic rings. The van der Waals surface area contributed by atoms with Crippen molar-refractivity contribution in [2.45, 2.75) is 18.9 Å². The maximum atomic E-state index is 11.8. The topological polar surface area (TPSA) is 75.9 Å². The summed E-state index contributed by atoms with van der Waals surface area (Å²) in [6.07, 6.45) is 1.77. The Kier molecular flexibility index (Phi) is 3.79. The third-order valence-electron chi connectivity index (χ3n) is 4.06. The van der Waals surface area contributed by atoms with Gasteiger partial charge in [-0.1, -0.05) is 0 Å². The molecule has 2 fully saturated rings. The third-order valence-corrected chi connectivity index (χ3v) is 4.06. The number of anilines is 2. The third kappa shape index (κ3) is 2.71. The predicted molar refractivity (Wildman–Crippen MR) is 79.2 cm³/mol. The van der Waals surface area contributed by atoms with Crippen LogP contribution in [-0.4, -0.2) is 44.2 Å². The van der Waals surface area contributed by atoms with Crippen LogP contribution in [0.3, 0.4) is 0 Å². The number of nitrogens with two attached hydrogens (primary N) is 1. The number of hydrogen-bond donors (Lipinski definition) is 1. The van der Waals surface area contributed by atoms with Crippen molar-refractivity contribution in [3.63, 3.8) is 0 Å². The van der Waals surface area contributed by atoms with Gasteiger partial charge in [-0.15, -0.1) is 0 Å². The Hall–Kier alpha value is -2.08. The Morgan fingerprint density at radius 1 is 1.19 bits per heavy atom. The maximum Gasteiger partial charge on any atom is 0.253 e. The van der Waals surface area contributed by atoms with Gasteiger partial charge < -0.3 is 20.3 Å². The van der Waals surface area contributed by atoms with Crippen LogP contribution in [0.5, 0.6) is 0 Å². The van der Waals surface area contributed by atoms with Gasteiger partial charge in [-0.3, -0.25) is 9.59 Å². The molecule has 2 saturated heterocycles. The summed E-state index contributed by atoms with van der Waals surface area (Å²) in [7, 11) is 0. The Morgan fingerprint density at radius 2 is 1.90 bits per heavy atom. The summed E-state index contributed by atoms with van der Waals surface area (Å²) in [5, 5.41) is 0. The first-order valence-corrected chi connectivity index (χ1v) is 7.21. The van der Waals surface area contributed by atoms with Crippen LogP contribution in [0.15, 0.2) is 24.3 Å². The zero-order valence-electron chi connectivity index (χ0n) is 11.8. The summed E-state index contributed by atoms with van der Waals surface area (Å²) in [5.74, 6) is -0.301. The van der Waals surface area contributed by atoms with E-state index >= 15 is 0 Å². The number of amides is 2. The van der Waals surface area contributed by atoms with Gasteiger partial charge in [-0.05, 0) is 37.1 Å². The molecule has 1 unspecified atom stereocenters. The molecule has 0 saturated carbocycles. The van der Waals surface area contributed by atoms with E-state index in [1.807, 2.05) is 29.2 Å². The summed E-state index contributed by atoms with van der Waals surface area (Å²) >= 11 is 0. The van der Waals surface area contributed by atoms with Gasteiger partial charge in [0.15, 0.2) is 0 Å². The maximum absolute atomic E-state index is 11.8. The average Bonchev–Trinajstić information content (AvgIpc) is 2.98. The standard InChI is InChI=1S/C15H19N3O3/c16-15(20)13-2-1-7-17(13)11-3-5-12(6-4-11)18-8-9-21-10-14(18)19/h3-6,13H,1-2,7-10H2,(H2,16,20). The van der Waals surface area contributed by atoms with Gasteiger partial charge in [0.25, 0.3) is 5.91 Å². The lowest BCUT2D eigenvalue weighted by Gasteiger charge is -2.28. The van der Waals surface area contributed by atoms with Crippen LogP contribution in [0.4, 0.5) is 11.4 Å². The number of hydrogen-bond acceptors (Lipinski definition) is 4. The van der Waals surface area contributed by atoms with E-state index in [1.54, 1.807) is 4.90 Å². The summed E-state index contributed by atoms with van der Waals surface area (Å²) in [6, 6.07) is 7.49. The Balaban J connectivity index is 1.77. The van der Waals surface area contributed by atoms with Crippen LogP contribution in [-0.2, 0) is 14.3 Å². The van der Waals surface area contributed by atoms with Crippen LogP contribution in [0.25, 0.3) is 0 Å². The monoisotopic (exact) mass is 289 g/mol. The summed E-state index contributed by atoms with van der Waals surface area (Å²) in [6.45, 7) is 2.11. The largest absolute Gasteiger partial charge is 0.370 e. The lowest BCUT2D eigenvalue weighted by Crippen LogP contribution is -2.42. The van der Waals surface area contributed by atoms with Gasteiger partial charge in [0.05, 0.1) is 6.61 Å². The summed E-state index contributed by atoms with van der Waals surface area (Å²) in [4.78, 5) is 27.0. The van der Waals surface area contributed by atoms with Crippen LogP contribution in [0, 0.1) is 0 Å². The van der Waals surface area contributed by atoms with Crippen molar-refractivity contribution >= 4 is 23.2 Å². The molecule has 6 heteroatoms. The molecular formula is C15H19N3O3. The van der Waals surface area contributed by atoms with Crippen molar-refractivity contribution in [2.75, 3.05) is 36.1 Å². The van der Waals surface area contributed by atoms with Crippen molar-refractivity contribution < 1.29 is 14.3 Å². The molecule has 2 N–H and O–H groups in total. The number of nitrogens with zero attached hydrogens (tertiary/aromatic N) is 2. The second-order valence-electron chi connectivity index (χ2n) is 5.37. The zero-order valence-corrected chi connectivity index (χ0v) is 11.8. The molecule has 6 nitrogen and oxygen atoms in total. The van der Waals surface area contributed by atoms with Gasteiger partial charge in [0.2, 0.25) is 5.91 Å².